The molecule has 1 aromatic rings. The van der Waals surface area contributed by atoms with Crippen molar-refractivity contribution in [2.24, 2.45) is 5.73 Å². The van der Waals surface area contributed by atoms with Crippen LogP contribution in [0.15, 0.2) is 43.0 Å². The first kappa shape index (κ1) is 11.8. The summed E-state index contributed by atoms with van der Waals surface area (Å²) in [5.74, 6) is 0. The minimum Gasteiger partial charge on any atom is -0.351 e. The molecule has 1 atom stereocenters. The van der Waals surface area contributed by atoms with Gasteiger partial charge in [-0.25, -0.2) is 9.59 Å². The van der Waals surface area contributed by atoms with Gasteiger partial charge in [0.2, 0.25) is 0 Å². The van der Waals surface area contributed by atoms with E-state index in [4.69, 9.17) is 5.73 Å². The number of nitrogens with two attached hydrogens (primary N) is 1. The van der Waals surface area contributed by atoms with Crippen molar-refractivity contribution in [1.82, 2.24) is 10.6 Å². The van der Waals surface area contributed by atoms with E-state index in [0.717, 1.165) is 5.56 Å². The summed E-state index contributed by atoms with van der Waals surface area (Å²) < 4.78 is 0. The van der Waals surface area contributed by atoms with Crippen LogP contribution in [0.25, 0.3) is 0 Å². The lowest BCUT2D eigenvalue weighted by Gasteiger charge is -2.14. The summed E-state index contributed by atoms with van der Waals surface area (Å²) in [5.41, 5.74) is 5.68. The summed E-state index contributed by atoms with van der Waals surface area (Å²) in [4.78, 5) is 21.7. The van der Waals surface area contributed by atoms with E-state index in [-0.39, 0.29) is 6.04 Å². The minimum atomic E-state index is -0.895. The summed E-state index contributed by atoms with van der Waals surface area (Å²) in [6, 6.07) is 7.34. The third-order valence-corrected chi connectivity index (χ3v) is 1.92. The van der Waals surface area contributed by atoms with Gasteiger partial charge in [-0.15, -0.1) is 6.58 Å². The normalized spacial score (nSPS) is 11.2. The number of carbonyl (C=O) groups excluding carboxylic acids is 2. The Bertz CT molecular complexity index is 389. The predicted octanol–water partition coefficient (Wildman–Crippen LogP) is 1.29. The highest BCUT2D eigenvalue weighted by atomic mass is 16.2. The molecule has 0 heterocycles. The molecule has 5 heteroatoms. The Balaban J connectivity index is 2.66. The maximum absolute atomic E-state index is 11.2. The lowest BCUT2D eigenvalue weighted by molar-refractivity contribution is 0.230. The Morgan fingerprint density at radius 3 is 2.44 bits per heavy atom. The van der Waals surface area contributed by atoms with Crippen LogP contribution in [0.5, 0.6) is 0 Å². The molecule has 0 saturated carbocycles. The molecule has 1 unspecified atom stereocenters. The van der Waals surface area contributed by atoms with Crippen LogP contribution in [0.1, 0.15) is 11.6 Å². The topological polar surface area (TPSA) is 84.2 Å². The molecule has 4 amide bonds. The Morgan fingerprint density at radius 2 is 1.94 bits per heavy atom. The van der Waals surface area contributed by atoms with E-state index >= 15 is 0 Å². The smallest absolute Gasteiger partial charge is 0.323 e. The van der Waals surface area contributed by atoms with Gasteiger partial charge in [0, 0.05) is 0 Å². The number of imide groups is 1. The molecule has 0 radical (unpaired) electrons. The largest absolute Gasteiger partial charge is 0.351 e. The number of hydrogen-bond donors (Lipinski definition) is 3. The van der Waals surface area contributed by atoms with Crippen molar-refractivity contribution in [3.05, 3.63) is 48.6 Å². The lowest BCUT2D eigenvalue weighted by Crippen LogP contribution is -2.43. The van der Waals surface area contributed by atoms with Crippen LogP contribution in [-0.4, -0.2) is 12.1 Å². The van der Waals surface area contributed by atoms with Gasteiger partial charge in [-0.2, -0.15) is 0 Å². The number of carbonyl (C=O) groups is 2. The molecule has 4 N–H and O–H groups in total. The van der Waals surface area contributed by atoms with Gasteiger partial charge in [0.25, 0.3) is 0 Å². The quantitative estimate of drug-likeness (QED) is 0.669. The van der Waals surface area contributed by atoms with Crippen molar-refractivity contribution in [2.75, 3.05) is 0 Å². The SMILES string of the molecule is C=CC(NC(=O)NC(N)=O)c1ccccc1. The fraction of sp³-hybridized carbons (Fsp3) is 0.0909. The van der Waals surface area contributed by atoms with Crippen molar-refractivity contribution >= 4 is 12.1 Å². The van der Waals surface area contributed by atoms with E-state index < -0.39 is 12.1 Å². The fourth-order valence-corrected chi connectivity index (χ4v) is 1.23. The molecule has 0 bridgehead atoms. The fourth-order valence-electron chi connectivity index (χ4n) is 1.23. The molecule has 0 aliphatic heterocycles. The van der Waals surface area contributed by atoms with Crippen LogP contribution in [0.4, 0.5) is 9.59 Å². The van der Waals surface area contributed by atoms with E-state index in [2.05, 4.69) is 11.9 Å². The Hall–Kier alpha value is -2.30. The number of nitrogens with one attached hydrogen (secondary N) is 2. The average Bonchev–Trinajstić information content (AvgIpc) is 2.26. The summed E-state index contributed by atoms with van der Waals surface area (Å²) >= 11 is 0. The maximum atomic E-state index is 11.2. The second-order valence-corrected chi connectivity index (χ2v) is 3.09. The molecule has 5 nitrogen and oxygen atoms in total. The maximum Gasteiger partial charge on any atom is 0.323 e. The van der Waals surface area contributed by atoms with Crippen molar-refractivity contribution in [2.45, 2.75) is 6.04 Å². The average molecular weight is 219 g/mol. The van der Waals surface area contributed by atoms with Crippen LogP contribution < -0.4 is 16.4 Å². The van der Waals surface area contributed by atoms with Crippen LogP contribution in [0.2, 0.25) is 0 Å². The zero-order chi connectivity index (χ0) is 12.0. The molecule has 0 fully saturated rings. The van der Waals surface area contributed by atoms with Crippen molar-refractivity contribution < 1.29 is 9.59 Å². The van der Waals surface area contributed by atoms with E-state index in [9.17, 15) is 9.59 Å². The molecule has 0 saturated heterocycles. The van der Waals surface area contributed by atoms with Gasteiger partial charge in [-0.05, 0) is 5.56 Å². The third kappa shape index (κ3) is 3.45. The first-order chi connectivity index (χ1) is 7.63. The highest BCUT2D eigenvalue weighted by Crippen LogP contribution is 2.12. The van der Waals surface area contributed by atoms with Crippen molar-refractivity contribution in [1.29, 1.82) is 0 Å². The van der Waals surface area contributed by atoms with Crippen LogP contribution in [0.3, 0.4) is 0 Å². The molecule has 0 aliphatic carbocycles. The zero-order valence-corrected chi connectivity index (χ0v) is 8.64. The number of amides is 4. The molecular formula is C11H13N3O2. The Morgan fingerprint density at radius 1 is 1.31 bits per heavy atom. The molecule has 0 aliphatic rings. The van der Waals surface area contributed by atoms with Crippen molar-refractivity contribution in [3.8, 4) is 0 Å². The van der Waals surface area contributed by atoms with Crippen LogP contribution >= 0.6 is 0 Å². The monoisotopic (exact) mass is 219 g/mol. The van der Waals surface area contributed by atoms with Gasteiger partial charge in [0.05, 0.1) is 6.04 Å². The standard InChI is InChI=1S/C11H13N3O2/c1-2-9(8-6-4-3-5-7-8)13-11(16)14-10(12)15/h2-7,9H,1H2,(H4,12,13,14,15,16). The first-order valence-electron chi connectivity index (χ1n) is 4.68. The summed E-state index contributed by atoms with van der Waals surface area (Å²) in [6.45, 7) is 3.61. The second-order valence-electron chi connectivity index (χ2n) is 3.09. The van der Waals surface area contributed by atoms with Gasteiger partial charge in [0.1, 0.15) is 0 Å². The van der Waals surface area contributed by atoms with E-state index in [1.54, 1.807) is 6.08 Å². The number of rotatable bonds is 3. The van der Waals surface area contributed by atoms with Gasteiger partial charge >= 0.3 is 12.1 Å². The molecule has 0 aromatic heterocycles. The number of benzene rings is 1. The third-order valence-electron chi connectivity index (χ3n) is 1.92. The highest BCUT2D eigenvalue weighted by Gasteiger charge is 2.11. The van der Waals surface area contributed by atoms with Crippen molar-refractivity contribution in [3.63, 3.8) is 0 Å². The summed E-state index contributed by atoms with van der Waals surface area (Å²) in [7, 11) is 0. The number of urea groups is 2. The van der Waals surface area contributed by atoms with E-state index in [0.29, 0.717) is 0 Å². The van der Waals surface area contributed by atoms with Gasteiger partial charge < -0.3 is 11.1 Å². The van der Waals surface area contributed by atoms with Gasteiger partial charge in [-0.1, -0.05) is 36.4 Å². The zero-order valence-electron chi connectivity index (χ0n) is 8.64. The summed E-state index contributed by atoms with van der Waals surface area (Å²) in [6.07, 6.45) is 1.57. The molecule has 1 rings (SSSR count). The predicted molar refractivity (Wildman–Crippen MR) is 60.6 cm³/mol. The summed E-state index contributed by atoms with van der Waals surface area (Å²) in [5, 5.41) is 4.46. The number of hydrogen-bond acceptors (Lipinski definition) is 2. The second kappa shape index (κ2) is 5.55. The molecule has 0 spiro atoms. The molecule has 16 heavy (non-hydrogen) atoms. The number of primary amides is 1. The van der Waals surface area contributed by atoms with Gasteiger partial charge in [0.15, 0.2) is 0 Å². The van der Waals surface area contributed by atoms with E-state index in [1.807, 2.05) is 35.6 Å². The molecular weight excluding hydrogens is 206 g/mol. The highest BCUT2D eigenvalue weighted by molar-refractivity contribution is 5.92. The molecule has 84 valence electrons. The Kier molecular flexibility index (Phi) is 4.08. The van der Waals surface area contributed by atoms with Crippen LogP contribution in [-0.2, 0) is 0 Å². The van der Waals surface area contributed by atoms with Crippen LogP contribution in [0, 0.1) is 0 Å². The van der Waals surface area contributed by atoms with Gasteiger partial charge in [-0.3, -0.25) is 5.32 Å². The van der Waals surface area contributed by atoms with E-state index in [1.165, 1.54) is 0 Å². The Labute approximate surface area is 93.3 Å². The minimum absolute atomic E-state index is 0.361. The lowest BCUT2D eigenvalue weighted by atomic mass is 10.1. The first-order valence-corrected chi connectivity index (χ1v) is 4.68. The molecule has 1 aromatic carbocycles.